The summed E-state index contributed by atoms with van der Waals surface area (Å²) < 4.78 is 0. The number of nitrogens with zero attached hydrogens (tertiary/aromatic N) is 1. The zero-order valence-electron chi connectivity index (χ0n) is 17.6. The molecule has 1 heterocycles. The zero-order chi connectivity index (χ0) is 20.9. The fourth-order valence-electron chi connectivity index (χ4n) is 3.72. The zero-order valence-corrected chi connectivity index (χ0v) is 17.6. The van der Waals surface area contributed by atoms with Crippen LogP contribution in [0.1, 0.15) is 37.8 Å². The number of aryl methyl sites for hydroxylation is 1. The molecule has 2 aromatic carbocycles. The van der Waals surface area contributed by atoms with Crippen molar-refractivity contribution in [1.82, 2.24) is 10.2 Å². The molecule has 0 aromatic heterocycles. The first-order chi connectivity index (χ1) is 13.8. The third-order valence-electron chi connectivity index (χ3n) is 5.60. The van der Waals surface area contributed by atoms with Gasteiger partial charge in [0.05, 0.1) is 5.92 Å². The Balaban J connectivity index is 1.54. The number of hydrogen-bond donors (Lipinski definition) is 2. The van der Waals surface area contributed by atoms with Crippen LogP contribution in [0.2, 0.25) is 0 Å². The average molecular weight is 394 g/mol. The lowest BCUT2D eigenvalue weighted by Crippen LogP contribution is -2.50. The predicted molar refractivity (Wildman–Crippen MR) is 117 cm³/mol. The van der Waals surface area contributed by atoms with E-state index in [1.165, 1.54) is 11.1 Å². The van der Waals surface area contributed by atoms with Crippen LogP contribution in [0, 0.1) is 12.8 Å². The first-order valence-electron chi connectivity index (χ1n) is 10.3. The van der Waals surface area contributed by atoms with Crippen molar-refractivity contribution in [2.75, 3.05) is 25.0 Å². The van der Waals surface area contributed by atoms with Crippen molar-refractivity contribution < 1.29 is 9.59 Å². The van der Waals surface area contributed by atoms with Crippen LogP contribution in [0.5, 0.6) is 0 Å². The number of piperidine rings is 1. The van der Waals surface area contributed by atoms with Crippen molar-refractivity contribution in [3.8, 4) is 0 Å². The van der Waals surface area contributed by atoms with Crippen molar-refractivity contribution in [1.29, 1.82) is 0 Å². The number of hydrogen-bond acceptors (Lipinski definition) is 2. The summed E-state index contributed by atoms with van der Waals surface area (Å²) in [5.74, 6) is -0.201. The van der Waals surface area contributed by atoms with E-state index in [0.29, 0.717) is 19.6 Å². The summed E-state index contributed by atoms with van der Waals surface area (Å²) in [6, 6.07) is 17.8. The van der Waals surface area contributed by atoms with E-state index >= 15 is 0 Å². The molecular formula is C24H31N3O2. The third-order valence-corrected chi connectivity index (χ3v) is 5.60. The van der Waals surface area contributed by atoms with Gasteiger partial charge >= 0.3 is 6.03 Å². The van der Waals surface area contributed by atoms with Crippen LogP contribution in [0.3, 0.4) is 0 Å². The normalized spacial score (nSPS) is 16.9. The number of urea groups is 1. The molecule has 29 heavy (non-hydrogen) atoms. The minimum Gasteiger partial charge on any atom is -0.337 e. The van der Waals surface area contributed by atoms with E-state index in [-0.39, 0.29) is 23.3 Å². The largest absolute Gasteiger partial charge is 0.337 e. The van der Waals surface area contributed by atoms with Gasteiger partial charge in [-0.05, 0) is 37.5 Å². The van der Waals surface area contributed by atoms with Gasteiger partial charge in [-0.1, -0.05) is 61.9 Å². The van der Waals surface area contributed by atoms with E-state index in [4.69, 9.17) is 0 Å². The van der Waals surface area contributed by atoms with Crippen LogP contribution in [0.4, 0.5) is 10.5 Å². The summed E-state index contributed by atoms with van der Waals surface area (Å²) in [4.78, 5) is 27.1. The molecular weight excluding hydrogens is 362 g/mol. The van der Waals surface area contributed by atoms with Crippen LogP contribution in [-0.2, 0) is 10.2 Å². The van der Waals surface area contributed by atoms with Crippen LogP contribution in [0.25, 0.3) is 0 Å². The fraction of sp³-hybridized carbons (Fsp3) is 0.417. The van der Waals surface area contributed by atoms with Crippen molar-refractivity contribution in [2.45, 2.75) is 39.0 Å². The molecule has 2 aromatic rings. The van der Waals surface area contributed by atoms with Gasteiger partial charge in [-0.15, -0.1) is 0 Å². The van der Waals surface area contributed by atoms with Crippen molar-refractivity contribution in [2.24, 2.45) is 5.92 Å². The molecule has 0 radical (unpaired) electrons. The lowest BCUT2D eigenvalue weighted by Gasteiger charge is -2.33. The first-order valence-corrected chi connectivity index (χ1v) is 10.3. The fourth-order valence-corrected chi connectivity index (χ4v) is 3.72. The molecule has 1 saturated heterocycles. The SMILES string of the molecule is Cc1cccc(C(C)(C)CNC(=O)N2CCCC(C(=O)Nc3ccccc3)C2)c1. The highest BCUT2D eigenvalue weighted by molar-refractivity contribution is 5.93. The van der Waals surface area contributed by atoms with Crippen LogP contribution in [-0.4, -0.2) is 36.5 Å². The second-order valence-corrected chi connectivity index (χ2v) is 8.55. The van der Waals surface area contributed by atoms with Gasteiger partial charge in [0.1, 0.15) is 0 Å². The van der Waals surface area contributed by atoms with E-state index in [9.17, 15) is 9.59 Å². The number of carbonyl (C=O) groups is 2. The Kier molecular flexibility index (Phi) is 6.57. The molecule has 1 aliphatic rings. The Morgan fingerprint density at radius 1 is 1.10 bits per heavy atom. The minimum atomic E-state index is -0.181. The van der Waals surface area contributed by atoms with E-state index < -0.39 is 0 Å². The van der Waals surface area contributed by atoms with Gasteiger partial charge in [-0.25, -0.2) is 4.79 Å². The molecule has 1 aliphatic heterocycles. The lowest BCUT2D eigenvalue weighted by molar-refractivity contribution is -0.121. The highest BCUT2D eigenvalue weighted by Crippen LogP contribution is 2.24. The first kappa shape index (κ1) is 20.9. The number of anilines is 1. The molecule has 5 nitrogen and oxygen atoms in total. The molecule has 3 rings (SSSR count). The van der Waals surface area contributed by atoms with Gasteiger partial charge in [0.2, 0.25) is 5.91 Å². The number of para-hydroxylation sites is 1. The summed E-state index contributed by atoms with van der Waals surface area (Å²) in [5, 5.41) is 6.03. The number of likely N-dealkylation sites (tertiary alicyclic amines) is 1. The Labute approximate surface area is 173 Å². The molecule has 1 fully saturated rings. The summed E-state index contributed by atoms with van der Waals surface area (Å²) in [6.45, 7) is 8.03. The highest BCUT2D eigenvalue weighted by Gasteiger charge is 2.29. The molecule has 0 saturated carbocycles. The molecule has 0 spiro atoms. The van der Waals surface area contributed by atoms with Gasteiger partial charge in [0, 0.05) is 30.7 Å². The Morgan fingerprint density at radius 3 is 2.59 bits per heavy atom. The number of amides is 3. The van der Waals surface area contributed by atoms with Gasteiger partial charge in [-0.3, -0.25) is 4.79 Å². The van der Waals surface area contributed by atoms with Crippen molar-refractivity contribution >= 4 is 17.6 Å². The molecule has 1 atom stereocenters. The van der Waals surface area contributed by atoms with E-state index in [2.05, 4.69) is 55.7 Å². The molecule has 0 aliphatic carbocycles. The maximum Gasteiger partial charge on any atom is 0.317 e. The van der Waals surface area contributed by atoms with Crippen molar-refractivity contribution in [3.63, 3.8) is 0 Å². The maximum atomic E-state index is 12.8. The summed E-state index contributed by atoms with van der Waals surface area (Å²) in [6.07, 6.45) is 1.64. The molecule has 2 N–H and O–H groups in total. The van der Waals surface area contributed by atoms with Crippen molar-refractivity contribution in [3.05, 3.63) is 65.7 Å². The summed E-state index contributed by atoms with van der Waals surface area (Å²) in [5.41, 5.74) is 3.04. The highest BCUT2D eigenvalue weighted by atomic mass is 16.2. The molecule has 154 valence electrons. The predicted octanol–water partition coefficient (Wildman–Crippen LogP) is 4.33. The van der Waals surface area contributed by atoms with E-state index in [0.717, 1.165) is 18.5 Å². The standard InChI is InChI=1S/C24H31N3O2/c1-18-9-7-11-20(15-18)24(2,3)17-25-23(29)27-14-8-10-19(16-27)22(28)26-21-12-5-4-6-13-21/h4-7,9,11-13,15,19H,8,10,14,16-17H2,1-3H3,(H,25,29)(H,26,28). The van der Waals surface area contributed by atoms with Gasteiger partial charge in [-0.2, -0.15) is 0 Å². The molecule has 1 unspecified atom stereocenters. The second kappa shape index (κ2) is 9.12. The van der Waals surface area contributed by atoms with E-state index in [1.54, 1.807) is 4.90 Å². The van der Waals surface area contributed by atoms with Gasteiger partial charge in [0.15, 0.2) is 0 Å². The lowest BCUT2D eigenvalue weighted by atomic mass is 9.84. The maximum absolute atomic E-state index is 12.8. The summed E-state index contributed by atoms with van der Waals surface area (Å²) >= 11 is 0. The summed E-state index contributed by atoms with van der Waals surface area (Å²) in [7, 11) is 0. The topological polar surface area (TPSA) is 61.4 Å². The molecule has 0 bridgehead atoms. The van der Waals surface area contributed by atoms with Gasteiger partial charge in [0.25, 0.3) is 0 Å². The Hall–Kier alpha value is -2.82. The average Bonchev–Trinajstić information content (AvgIpc) is 2.73. The smallest absolute Gasteiger partial charge is 0.317 e. The molecule has 5 heteroatoms. The monoisotopic (exact) mass is 393 g/mol. The van der Waals surface area contributed by atoms with Crippen LogP contribution < -0.4 is 10.6 Å². The minimum absolute atomic E-state index is 0.0196. The number of rotatable bonds is 5. The quantitative estimate of drug-likeness (QED) is 0.794. The Morgan fingerprint density at radius 2 is 1.86 bits per heavy atom. The van der Waals surface area contributed by atoms with Gasteiger partial charge < -0.3 is 15.5 Å². The number of nitrogens with one attached hydrogen (secondary N) is 2. The number of carbonyl (C=O) groups excluding carboxylic acids is 2. The molecule has 3 amide bonds. The Bertz CT molecular complexity index is 848. The van der Waals surface area contributed by atoms with E-state index in [1.807, 2.05) is 30.3 Å². The van der Waals surface area contributed by atoms with Crippen LogP contribution >= 0.6 is 0 Å². The number of benzene rings is 2. The third kappa shape index (κ3) is 5.59. The van der Waals surface area contributed by atoms with Crippen LogP contribution in [0.15, 0.2) is 54.6 Å². The second-order valence-electron chi connectivity index (χ2n) is 8.55.